The Morgan fingerprint density at radius 2 is 1.48 bits per heavy atom. The minimum absolute atomic E-state index is 0.753. The van der Waals surface area contributed by atoms with Crippen LogP contribution in [0.25, 0.3) is 12.2 Å². The zero-order valence-corrected chi connectivity index (χ0v) is 14.8. The smallest absolute Gasteiger partial charge is 0.328 e. The summed E-state index contributed by atoms with van der Waals surface area (Å²) >= 11 is 0. The Morgan fingerprint density at radius 1 is 0.815 bits per heavy atom. The molecule has 134 valence electrons. The van der Waals surface area contributed by atoms with Crippen LogP contribution >= 0.6 is 0 Å². The van der Waals surface area contributed by atoms with E-state index in [9.17, 15) is 4.79 Å². The average molecular weight is 356 g/mol. The van der Waals surface area contributed by atoms with Gasteiger partial charge in [-0.05, 0) is 53.5 Å². The number of aliphatic carboxylic acids is 1. The van der Waals surface area contributed by atoms with Gasteiger partial charge >= 0.3 is 5.97 Å². The van der Waals surface area contributed by atoms with E-state index in [1.165, 1.54) is 0 Å². The Hall–Kier alpha value is -3.59. The SMILES string of the molecule is O=C(O)C=Cc1ccccc1C=CCc1cccc(Oc2ccccc2)c1. The van der Waals surface area contributed by atoms with Crippen LogP contribution in [0.2, 0.25) is 0 Å². The van der Waals surface area contributed by atoms with E-state index < -0.39 is 5.97 Å². The standard InChI is InChI=1S/C24H20O3/c25-24(26)17-16-21-11-5-4-10-20(21)12-6-8-19-9-7-15-23(18-19)27-22-13-2-1-3-14-22/h1-7,9-18H,8H2,(H,25,26). The Balaban J connectivity index is 1.68. The summed E-state index contributed by atoms with van der Waals surface area (Å²) in [7, 11) is 0. The van der Waals surface area contributed by atoms with E-state index >= 15 is 0 Å². The molecule has 0 saturated heterocycles. The summed E-state index contributed by atoms with van der Waals surface area (Å²) < 4.78 is 5.87. The lowest BCUT2D eigenvalue weighted by Crippen LogP contribution is -1.88. The number of benzene rings is 3. The Kier molecular flexibility index (Phi) is 6.21. The number of hydrogen-bond acceptors (Lipinski definition) is 2. The maximum Gasteiger partial charge on any atom is 0.328 e. The minimum atomic E-state index is -0.955. The van der Waals surface area contributed by atoms with E-state index in [0.717, 1.165) is 40.7 Å². The average Bonchev–Trinajstić information content (AvgIpc) is 2.68. The highest BCUT2D eigenvalue weighted by Gasteiger charge is 1.99. The summed E-state index contributed by atoms with van der Waals surface area (Å²) in [6.45, 7) is 0. The molecule has 3 rings (SSSR count). The third kappa shape index (κ3) is 5.72. The van der Waals surface area contributed by atoms with Gasteiger partial charge < -0.3 is 9.84 Å². The third-order valence-corrected chi connectivity index (χ3v) is 3.93. The maximum atomic E-state index is 10.7. The first-order valence-electron chi connectivity index (χ1n) is 8.69. The molecule has 0 amide bonds. The molecule has 3 nitrogen and oxygen atoms in total. The van der Waals surface area contributed by atoms with Crippen molar-refractivity contribution in [2.75, 3.05) is 0 Å². The van der Waals surface area contributed by atoms with Crippen molar-refractivity contribution in [1.29, 1.82) is 0 Å². The minimum Gasteiger partial charge on any atom is -0.478 e. The summed E-state index contributed by atoms with van der Waals surface area (Å²) in [5.41, 5.74) is 2.99. The predicted octanol–water partition coefficient (Wildman–Crippen LogP) is 5.83. The fourth-order valence-corrected chi connectivity index (χ4v) is 2.66. The number of allylic oxidation sites excluding steroid dienone is 1. The molecule has 0 atom stereocenters. The van der Waals surface area contributed by atoms with Crippen molar-refractivity contribution < 1.29 is 14.6 Å². The molecule has 0 fully saturated rings. The van der Waals surface area contributed by atoms with Gasteiger partial charge in [-0.15, -0.1) is 0 Å². The normalized spacial score (nSPS) is 11.1. The maximum absolute atomic E-state index is 10.7. The van der Waals surface area contributed by atoms with Gasteiger partial charge in [0.15, 0.2) is 0 Å². The van der Waals surface area contributed by atoms with Crippen molar-refractivity contribution >= 4 is 18.1 Å². The molecular weight excluding hydrogens is 336 g/mol. The molecule has 0 radical (unpaired) electrons. The number of carboxylic acid groups (broad SMARTS) is 1. The second-order valence-corrected chi connectivity index (χ2v) is 5.97. The Labute approximate surface area is 158 Å². The summed E-state index contributed by atoms with van der Waals surface area (Å²) in [5.74, 6) is 0.658. The summed E-state index contributed by atoms with van der Waals surface area (Å²) in [6, 6.07) is 25.4. The molecule has 0 aliphatic heterocycles. The van der Waals surface area contributed by atoms with E-state index in [0.29, 0.717) is 0 Å². The fourth-order valence-electron chi connectivity index (χ4n) is 2.66. The zero-order valence-electron chi connectivity index (χ0n) is 14.8. The number of carbonyl (C=O) groups is 1. The van der Waals surface area contributed by atoms with Crippen molar-refractivity contribution in [3.8, 4) is 11.5 Å². The molecule has 3 heteroatoms. The molecule has 27 heavy (non-hydrogen) atoms. The van der Waals surface area contributed by atoms with E-state index in [4.69, 9.17) is 9.84 Å². The van der Waals surface area contributed by atoms with E-state index in [2.05, 4.69) is 12.1 Å². The van der Waals surface area contributed by atoms with Gasteiger partial charge in [0.25, 0.3) is 0 Å². The number of para-hydroxylation sites is 1. The van der Waals surface area contributed by atoms with Crippen LogP contribution in [0.4, 0.5) is 0 Å². The molecule has 0 aliphatic carbocycles. The van der Waals surface area contributed by atoms with Gasteiger partial charge in [0.05, 0.1) is 0 Å². The highest BCUT2D eigenvalue weighted by atomic mass is 16.5. The highest BCUT2D eigenvalue weighted by Crippen LogP contribution is 2.22. The molecule has 0 aromatic heterocycles. The van der Waals surface area contributed by atoms with Gasteiger partial charge in [0.1, 0.15) is 11.5 Å². The lowest BCUT2D eigenvalue weighted by Gasteiger charge is -2.06. The topological polar surface area (TPSA) is 46.5 Å². The lowest BCUT2D eigenvalue weighted by atomic mass is 10.0. The zero-order chi connectivity index (χ0) is 18.9. The molecule has 0 saturated carbocycles. The van der Waals surface area contributed by atoms with Gasteiger partial charge in [0, 0.05) is 6.08 Å². The van der Waals surface area contributed by atoms with E-state index in [1.807, 2.05) is 78.9 Å². The van der Waals surface area contributed by atoms with Crippen molar-refractivity contribution in [3.05, 3.63) is 108 Å². The Morgan fingerprint density at radius 3 is 2.22 bits per heavy atom. The quantitative estimate of drug-likeness (QED) is 0.542. The van der Waals surface area contributed by atoms with Gasteiger partial charge in [0.2, 0.25) is 0 Å². The second kappa shape index (κ2) is 9.20. The molecule has 3 aromatic carbocycles. The van der Waals surface area contributed by atoms with Crippen LogP contribution in [-0.4, -0.2) is 11.1 Å². The largest absolute Gasteiger partial charge is 0.478 e. The van der Waals surface area contributed by atoms with Crippen molar-refractivity contribution in [3.63, 3.8) is 0 Å². The van der Waals surface area contributed by atoms with Crippen LogP contribution in [0, 0.1) is 0 Å². The lowest BCUT2D eigenvalue weighted by molar-refractivity contribution is -0.131. The van der Waals surface area contributed by atoms with Gasteiger partial charge in [-0.3, -0.25) is 0 Å². The van der Waals surface area contributed by atoms with Crippen LogP contribution in [0.1, 0.15) is 16.7 Å². The van der Waals surface area contributed by atoms with Crippen LogP contribution in [0.5, 0.6) is 11.5 Å². The van der Waals surface area contributed by atoms with E-state index in [1.54, 1.807) is 6.08 Å². The molecule has 0 unspecified atom stereocenters. The number of rotatable bonds is 7. The van der Waals surface area contributed by atoms with Crippen molar-refractivity contribution in [2.24, 2.45) is 0 Å². The monoisotopic (exact) mass is 356 g/mol. The predicted molar refractivity (Wildman–Crippen MR) is 109 cm³/mol. The summed E-state index contributed by atoms with van der Waals surface area (Å²) in [4.78, 5) is 10.7. The Bertz CT molecular complexity index is 956. The van der Waals surface area contributed by atoms with Crippen LogP contribution in [0.3, 0.4) is 0 Å². The van der Waals surface area contributed by atoms with Gasteiger partial charge in [-0.25, -0.2) is 4.79 Å². The molecule has 1 N–H and O–H groups in total. The fraction of sp³-hybridized carbons (Fsp3) is 0.0417. The highest BCUT2D eigenvalue weighted by molar-refractivity contribution is 5.86. The van der Waals surface area contributed by atoms with Crippen molar-refractivity contribution in [2.45, 2.75) is 6.42 Å². The second-order valence-electron chi connectivity index (χ2n) is 5.97. The first kappa shape index (κ1) is 18.2. The third-order valence-electron chi connectivity index (χ3n) is 3.93. The molecule has 0 aliphatic rings. The number of hydrogen-bond donors (Lipinski definition) is 1. The van der Waals surface area contributed by atoms with Crippen LogP contribution < -0.4 is 4.74 Å². The molecule has 3 aromatic rings. The van der Waals surface area contributed by atoms with E-state index in [-0.39, 0.29) is 0 Å². The first-order valence-corrected chi connectivity index (χ1v) is 8.69. The summed E-state index contributed by atoms with van der Waals surface area (Å²) in [5, 5.41) is 8.81. The van der Waals surface area contributed by atoms with Crippen LogP contribution in [0.15, 0.2) is 91.0 Å². The number of carboxylic acids is 1. The first-order chi connectivity index (χ1) is 13.2. The summed E-state index contributed by atoms with van der Waals surface area (Å²) in [6.07, 6.45) is 7.58. The van der Waals surface area contributed by atoms with Crippen LogP contribution in [-0.2, 0) is 11.2 Å². The van der Waals surface area contributed by atoms with Gasteiger partial charge in [-0.2, -0.15) is 0 Å². The number of ether oxygens (including phenoxy) is 1. The molecule has 0 bridgehead atoms. The molecule has 0 heterocycles. The molecular formula is C24H20O3. The molecule has 0 spiro atoms. The van der Waals surface area contributed by atoms with Gasteiger partial charge in [-0.1, -0.05) is 66.7 Å². The van der Waals surface area contributed by atoms with Crippen molar-refractivity contribution in [1.82, 2.24) is 0 Å².